The van der Waals surface area contributed by atoms with Gasteiger partial charge in [-0.3, -0.25) is 15.1 Å². The van der Waals surface area contributed by atoms with Crippen LogP contribution in [0.3, 0.4) is 0 Å². The molecular formula is C13H12ClN3O2. The van der Waals surface area contributed by atoms with Crippen molar-refractivity contribution < 1.29 is 4.92 Å². The minimum atomic E-state index is -0.484. The van der Waals surface area contributed by atoms with E-state index in [-0.39, 0.29) is 10.7 Å². The van der Waals surface area contributed by atoms with Crippen LogP contribution < -0.4 is 5.32 Å². The van der Waals surface area contributed by atoms with E-state index in [1.54, 1.807) is 25.4 Å². The van der Waals surface area contributed by atoms with Gasteiger partial charge in [0, 0.05) is 30.7 Å². The highest BCUT2D eigenvalue weighted by Crippen LogP contribution is 2.30. The molecule has 0 bridgehead atoms. The van der Waals surface area contributed by atoms with Gasteiger partial charge in [-0.2, -0.15) is 0 Å². The fraction of sp³-hybridized carbons (Fsp3) is 0.154. The van der Waals surface area contributed by atoms with Gasteiger partial charge in [-0.1, -0.05) is 11.6 Å². The normalized spacial score (nSPS) is 10.2. The quantitative estimate of drug-likeness (QED) is 0.685. The van der Waals surface area contributed by atoms with Crippen molar-refractivity contribution in [3.63, 3.8) is 0 Å². The molecule has 19 heavy (non-hydrogen) atoms. The lowest BCUT2D eigenvalue weighted by molar-refractivity contribution is -0.384. The Morgan fingerprint density at radius 2 is 2.05 bits per heavy atom. The Morgan fingerprint density at radius 3 is 2.68 bits per heavy atom. The van der Waals surface area contributed by atoms with Crippen LogP contribution in [0.1, 0.15) is 11.1 Å². The van der Waals surface area contributed by atoms with E-state index in [1.807, 2.05) is 12.1 Å². The smallest absolute Gasteiger partial charge is 0.288 e. The van der Waals surface area contributed by atoms with E-state index in [0.717, 1.165) is 16.8 Å². The molecule has 0 radical (unpaired) electrons. The Bertz CT molecular complexity index is 602. The van der Waals surface area contributed by atoms with Crippen LogP contribution in [0.25, 0.3) is 0 Å². The van der Waals surface area contributed by atoms with Gasteiger partial charge in [0.2, 0.25) is 0 Å². The summed E-state index contributed by atoms with van der Waals surface area (Å²) >= 11 is 5.89. The molecule has 0 atom stereocenters. The van der Waals surface area contributed by atoms with Crippen LogP contribution in [0.2, 0.25) is 5.02 Å². The SMILES string of the molecule is Cc1cc([N+](=O)[O-])c(Cl)cc1NCc1ccncc1. The largest absolute Gasteiger partial charge is 0.381 e. The minimum absolute atomic E-state index is 0.0753. The van der Waals surface area contributed by atoms with E-state index in [9.17, 15) is 10.1 Å². The van der Waals surface area contributed by atoms with E-state index >= 15 is 0 Å². The first-order valence-corrected chi connectivity index (χ1v) is 6.03. The van der Waals surface area contributed by atoms with Crippen molar-refractivity contribution >= 4 is 23.0 Å². The average molecular weight is 278 g/mol. The number of nitro benzene ring substituents is 1. The molecule has 5 nitrogen and oxygen atoms in total. The van der Waals surface area contributed by atoms with Gasteiger partial charge < -0.3 is 5.32 Å². The van der Waals surface area contributed by atoms with E-state index in [0.29, 0.717) is 6.54 Å². The second-order valence-electron chi connectivity index (χ2n) is 4.08. The summed E-state index contributed by atoms with van der Waals surface area (Å²) in [5.41, 5.74) is 2.56. The van der Waals surface area contributed by atoms with Gasteiger partial charge in [0.1, 0.15) is 5.02 Å². The van der Waals surface area contributed by atoms with Crippen LogP contribution in [0, 0.1) is 17.0 Å². The van der Waals surface area contributed by atoms with Gasteiger partial charge >= 0.3 is 0 Å². The maximum Gasteiger partial charge on any atom is 0.288 e. The summed E-state index contributed by atoms with van der Waals surface area (Å²) in [7, 11) is 0. The van der Waals surface area contributed by atoms with Crippen molar-refractivity contribution in [1.82, 2.24) is 4.98 Å². The molecule has 0 aliphatic heterocycles. The zero-order chi connectivity index (χ0) is 13.8. The van der Waals surface area contributed by atoms with Crippen molar-refractivity contribution in [2.24, 2.45) is 0 Å². The molecule has 2 aromatic rings. The van der Waals surface area contributed by atoms with Gasteiger partial charge in [0.05, 0.1) is 4.92 Å². The molecule has 2 rings (SSSR count). The van der Waals surface area contributed by atoms with Crippen LogP contribution in [-0.4, -0.2) is 9.91 Å². The summed E-state index contributed by atoms with van der Waals surface area (Å²) in [6, 6.07) is 6.85. The second-order valence-corrected chi connectivity index (χ2v) is 4.49. The summed E-state index contributed by atoms with van der Waals surface area (Å²) in [4.78, 5) is 14.2. The molecule has 1 aromatic heterocycles. The number of nitrogens with zero attached hydrogens (tertiary/aromatic N) is 2. The predicted molar refractivity (Wildman–Crippen MR) is 74.4 cm³/mol. The maximum absolute atomic E-state index is 10.8. The van der Waals surface area contributed by atoms with Crippen LogP contribution in [0.4, 0.5) is 11.4 Å². The first kappa shape index (κ1) is 13.3. The molecule has 0 aliphatic rings. The van der Waals surface area contributed by atoms with Crippen molar-refractivity contribution in [1.29, 1.82) is 0 Å². The Balaban J connectivity index is 2.17. The Labute approximate surface area is 115 Å². The van der Waals surface area contributed by atoms with E-state index < -0.39 is 4.92 Å². The maximum atomic E-state index is 10.8. The molecule has 0 saturated heterocycles. The molecule has 0 saturated carbocycles. The molecule has 1 aromatic carbocycles. The fourth-order valence-corrected chi connectivity index (χ4v) is 1.93. The highest BCUT2D eigenvalue weighted by Gasteiger charge is 2.14. The number of hydrogen-bond acceptors (Lipinski definition) is 4. The Morgan fingerprint density at radius 1 is 1.37 bits per heavy atom. The van der Waals surface area contributed by atoms with Crippen molar-refractivity contribution in [3.8, 4) is 0 Å². The van der Waals surface area contributed by atoms with Crippen molar-refractivity contribution in [2.45, 2.75) is 13.5 Å². The van der Waals surface area contributed by atoms with Gasteiger partial charge in [0.25, 0.3) is 5.69 Å². The number of nitrogens with one attached hydrogen (secondary N) is 1. The first-order valence-electron chi connectivity index (χ1n) is 5.65. The molecule has 0 spiro atoms. The van der Waals surface area contributed by atoms with Gasteiger partial charge in [0.15, 0.2) is 0 Å². The lowest BCUT2D eigenvalue weighted by Gasteiger charge is -2.10. The number of aromatic nitrogens is 1. The molecular weight excluding hydrogens is 266 g/mol. The zero-order valence-electron chi connectivity index (χ0n) is 10.3. The number of anilines is 1. The molecule has 0 unspecified atom stereocenters. The minimum Gasteiger partial charge on any atom is -0.381 e. The highest BCUT2D eigenvalue weighted by molar-refractivity contribution is 6.33. The average Bonchev–Trinajstić information content (AvgIpc) is 2.40. The van der Waals surface area contributed by atoms with Crippen LogP contribution in [0.5, 0.6) is 0 Å². The van der Waals surface area contributed by atoms with E-state index in [2.05, 4.69) is 10.3 Å². The van der Waals surface area contributed by atoms with Crippen molar-refractivity contribution in [2.75, 3.05) is 5.32 Å². The molecule has 6 heteroatoms. The highest BCUT2D eigenvalue weighted by atomic mass is 35.5. The van der Waals surface area contributed by atoms with E-state index in [1.165, 1.54) is 6.07 Å². The van der Waals surface area contributed by atoms with Gasteiger partial charge in [-0.25, -0.2) is 0 Å². The van der Waals surface area contributed by atoms with Crippen molar-refractivity contribution in [3.05, 3.63) is 62.9 Å². The number of rotatable bonds is 4. The van der Waals surface area contributed by atoms with Gasteiger partial charge in [-0.05, 0) is 36.2 Å². The number of nitro groups is 1. The molecule has 0 amide bonds. The third-order valence-corrected chi connectivity index (χ3v) is 3.03. The van der Waals surface area contributed by atoms with Crippen LogP contribution in [0.15, 0.2) is 36.7 Å². The molecule has 1 N–H and O–H groups in total. The van der Waals surface area contributed by atoms with Crippen LogP contribution in [-0.2, 0) is 6.54 Å². The second kappa shape index (κ2) is 5.67. The number of benzene rings is 1. The Hall–Kier alpha value is -2.14. The Kier molecular flexibility index (Phi) is 3.97. The summed E-state index contributed by atoms with van der Waals surface area (Å²) in [5, 5.41) is 14.1. The topological polar surface area (TPSA) is 68.1 Å². The number of hydrogen-bond donors (Lipinski definition) is 1. The lowest BCUT2D eigenvalue weighted by atomic mass is 10.1. The number of halogens is 1. The summed E-state index contributed by atoms with van der Waals surface area (Å²) in [6.07, 6.45) is 3.43. The molecule has 98 valence electrons. The van der Waals surface area contributed by atoms with Gasteiger partial charge in [-0.15, -0.1) is 0 Å². The van der Waals surface area contributed by atoms with Crippen LogP contribution >= 0.6 is 11.6 Å². The summed E-state index contributed by atoms with van der Waals surface area (Å²) in [6.45, 7) is 2.41. The molecule has 0 aliphatic carbocycles. The zero-order valence-corrected chi connectivity index (χ0v) is 11.0. The standard InChI is InChI=1S/C13H12ClN3O2/c1-9-6-13(17(18)19)11(14)7-12(9)16-8-10-2-4-15-5-3-10/h2-7,16H,8H2,1H3. The summed E-state index contributed by atoms with van der Waals surface area (Å²) in [5.74, 6) is 0. The third-order valence-electron chi connectivity index (χ3n) is 2.72. The molecule has 0 fully saturated rings. The lowest BCUT2D eigenvalue weighted by Crippen LogP contribution is -2.02. The monoisotopic (exact) mass is 277 g/mol. The fourth-order valence-electron chi connectivity index (χ4n) is 1.69. The van der Waals surface area contributed by atoms with E-state index in [4.69, 9.17) is 11.6 Å². The molecule has 1 heterocycles. The summed E-state index contributed by atoms with van der Waals surface area (Å²) < 4.78 is 0. The number of pyridine rings is 1. The predicted octanol–water partition coefficient (Wildman–Crippen LogP) is 3.56. The first-order chi connectivity index (χ1) is 9.08. The number of aryl methyl sites for hydroxylation is 1. The third kappa shape index (κ3) is 3.20.